The summed E-state index contributed by atoms with van der Waals surface area (Å²) in [6.45, 7) is 9.38. The van der Waals surface area contributed by atoms with Gasteiger partial charge >= 0.3 is 0 Å². The van der Waals surface area contributed by atoms with Crippen LogP contribution in [0.4, 0.5) is 0 Å². The molecule has 0 fully saturated rings. The Hall–Kier alpha value is -0.520. The molecule has 1 atom stereocenters. The Bertz CT molecular complexity index is 161. The minimum Gasteiger partial charge on any atom is -0.342 e. The van der Waals surface area contributed by atoms with Crippen molar-refractivity contribution in [3.8, 4) is 11.8 Å². The van der Waals surface area contributed by atoms with Crippen LogP contribution in [0.5, 0.6) is 0 Å². The lowest BCUT2D eigenvalue weighted by Crippen LogP contribution is -2.15. The molecule has 76 valence electrons. The lowest BCUT2D eigenvalue weighted by molar-refractivity contribution is -0.0970. The molecular weight excluding hydrogens is 164 g/mol. The fourth-order valence-electron chi connectivity index (χ4n) is 0.747. The van der Waals surface area contributed by atoms with Crippen molar-refractivity contribution in [2.24, 2.45) is 5.92 Å². The van der Waals surface area contributed by atoms with Gasteiger partial charge in [-0.3, -0.25) is 0 Å². The van der Waals surface area contributed by atoms with Gasteiger partial charge in [-0.15, -0.1) is 0 Å². The molecular formula is C11H20O2. The molecule has 13 heavy (non-hydrogen) atoms. The summed E-state index contributed by atoms with van der Waals surface area (Å²) in [6.07, 6.45) is 0.724. The molecule has 0 aliphatic heterocycles. The van der Waals surface area contributed by atoms with Crippen LogP contribution in [0.1, 0.15) is 34.1 Å². The first-order valence-corrected chi connectivity index (χ1v) is 4.98. The highest BCUT2D eigenvalue weighted by Crippen LogP contribution is 1.99. The van der Waals surface area contributed by atoms with Gasteiger partial charge in [-0.2, -0.15) is 0 Å². The third kappa shape index (κ3) is 6.62. The molecule has 2 heteroatoms. The Labute approximate surface area is 81.6 Å². The molecule has 0 radical (unpaired) electrons. The molecule has 0 saturated carbocycles. The van der Waals surface area contributed by atoms with E-state index in [1.807, 2.05) is 13.8 Å². The molecule has 0 aliphatic rings. The molecule has 1 unspecified atom stereocenters. The fourth-order valence-corrected chi connectivity index (χ4v) is 0.747. The van der Waals surface area contributed by atoms with E-state index in [1.54, 1.807) is 0 Å². The molecule has 0 rings (SSSR count). The standard InChI is InChI=1S/C11H20O2/c1-5-10(4)8-9-11(12-6-2)13-7-3/h10-11H,5-7H2,1-4H3. The van der Waals surface area contributed by atoms with E-state index in [0.29, 0.717) is 19.1 Å². The predicted molar refractivity (Wildman–Crippen MR) is 54.3 cm³/mol. The highest BCUT2D eigenvalue weighted by Gasteiger charge is 2.01. The van der Waals surface area contributed by atoms with Crippen molar-refractivity contribution in [3.63, 3.8) is 0 Å². The first kappa shape index (κ1) is 12.5. The van der Waals surface area contributed by atoms with Crippen molar-refractivity contribution in [3.05, 3.63) is 0 Å². The largest absolute Gasteiger partial charge is 0.342 e. The molecule has 2 nitrogen and oxygen atoms in total. The number of ether oxygens (including phenoxy) is 2. The second-order valence-electron chi connectivity index (χ2n) is 2.84. The molecule has 0 heterocycles. The second-order valence-corrected chi connectivity index (χ2v) is 2.84. The fraction of sp³-hybridized carbons (Fsp3) is 0.818. The lowest BCUT2D eigenvalue weighted by atomic mass is 10.1. The van der Waals surface area contributed by atoms with Crippen LogP contribution in [0.3, 0.4) is 0 Å². The van der Waals surface area contributed by atoms with Crippen molar-refractivity contribution in [1.82, 2.24) is 0 Å². The molecule has 0 N–H and O–H groups in total. The molecule has 0 aliphatic carbocycles. The maximum Gasteiger partial charge on any atom is 0.222 e. The minimum atomic E-state index is -0.344. The number of hydrogen-bond acceptors (Lipinski definition) is 2. The number of hydrogen-bond donors (Lipinski definition) is 0. The average molecular weight is 184 g/mol. The Morgan fingerprint density at radius 3 is 1.92 bits per heavy atom. The lowest BCUT2D eigenvalue weighted by Gasteiger charge is -2.10. The van der Waals surface area contributed by atoms with Gasteiger partial charge in [-0.1, -0.05) is 19.8 Å². The summed E-state index contributed by atoms with van der Waals surface area (Å²) in [5, 5.41) is 0. The zero-order chi connectivity index (χ0) is 10.1. The smallest absolute Gasteiger partial charge is 0.222 e. The summed E-state index contributed by atoms with van der Waals surface area (Å²) >= 11 is 0. The van der Waals surface area contributed by atoms with Gasteiger partial charge < -0.3 is 9.47 Å². The summed E-state index contributed by atoms with van der Waals surface area (Å²) in [5.74, 6) is 6.50. The normalized spacial score (nSPS) is 12.4. The molecule has 0 aromatic rings. The van der Waals surface area contributed by atoms with Gasteiger partial charge in [0.25, 0.3) is 0 Å². The van der Waals surface area contributed by atoms with Crippen molar-refractivity contribution >= 4 is 0 Å². The van der Waals surface area contributed by atoms with Crippen molar-refractivity contribution < 1.29 is 9.47 Å². The highest BCUT2D eigenvalue weighted by atomic mass is 16.7. The maximum atomic E-state index is 5.28. The van der Waals surface area contributed by atoms with Crippen LogP contribution in [-0.2, 0) is 9.47 Å². The topological polar surface area (TPSA) is 18.5 Å². The third-order valence-electron chi connectivity index (χ3n) is 1.70. The van der Waals surface area contributed by atoms with E-state index in [-0.39, 0.29) is 6.29 Å². The van der Waals surface area contributed by atoms with E-state index < -0.39 is 0 Å². The average Bonchev–Trinajstić information content (AvgIpc) is 2.14. The predicted octanol–water partition coefficient (Wildman–Crippen LogP) is 2.44. The van der Waals surface area contributed by atoms with E-state index in [1.165, 1.54) is 0 Å². The van der Waals surface area contributed by atoms with Gasteiger partial charge in [-0.05, 0) is 26.2 Å². The Morgan fingerprint density at radius 1 is 1.00 bits per heavy atom. The first-order chi connectivity index (χ1) is 6.24. The first-order valence-electron chi connectivity index (χ1n) is 4.98. The Balaban J connectivity index is 3.95. The van der Waals surface area contributed by atoms with Gasteiger partial charge in [0.2, 0.25) is 6.29 Å². The van der Waals surface area contributed by atoms with E-state index in [9.17, 15) is 0 Å². The van der Waals surface area contributed by atoms with Gasteiger partial charge in [0.1, 0.15) is 0 Å². The van der Waals surface area contributed by atoms with E-state index in [2.05, 4.69) is 25.7 Å². The quantitative estimate of drug-likeness (QED) is 0.482. The zero-order valence-corrected chi connectivity index (χ0v) is 9.09. The van der Waals surface area contributed by atoms with Gasteiger partial charge in [-0.25, -0.2) is 0 Å². The van der Waals surface area contributed by atoms with Crippen molar-refractivity contribution in [2.75, 3.05) is 13.2 Å². The monoisotopic (exact) mass is 184 g/mol. The highest BCUT2D eigenvalue weighted by molar-refractivity contribution is 5.04. The Kier molecular flexibility index (Phi) is 7.77. The van der Waals surface area contributed by atoms with Crippen molar-refractivity contribution in [1.29, 1.82) is 0 Å². The molecule has 0 spiro atoms. The third-order valence-corrected chi connectivity index (χ3v) is 1.70. The molecule has 0 saturated heterocycles. The SMILES string of the molecule is CCOC(C#CC(C)CC)OCC. The summed E-state index contributed by atoms with van der Waals surface area (Å²) in [4.78, 5) is 0. The van der Waals surface area contributed by atoms with E-state index >= 15 is 0 Å². The summed E-state index contributed by atoms with van der Waals surface area (Å²) in [7, 11) is 0. The summed E-state index contributed by atoms with van der Waals surface area (Å²) in [6, 6.07) is 0. The zero-order valence-electron chi connectivity index (χ0n) is 9.09. The van der Waals surface area contributed by atoms with Crippen LogP contribution in [-0.4, -0.2) is 19.5 Å². The van der Waals surface area contributed by atoms with E-state index in [0.717, 1.165) is 6.42 Å². The minimum absolute atomic E-state index is 0.344. The van der Waals surface area contributed by atoms with Crippen LogP contribution >= 0.6 is 0 Å². The second kappa shape index (κ2) is 8.10. The van der Waals surface area contributed by atoms with Crippen LogP contribution < -0.4 is 0 Å². The maximum absolute atomic E-state index is 5.28. The molecule has 0 amide bonds. The van der Waals surface area contributed by atoms with Gasteiger partial charge in [0.15, 0.2) is 0 Å². The molecule has 0 aromatic carbocycles. The summed E-state index contributed by atoms with van der Waals surface area (Å²) < 4.78 is 10.6. The molecule has 0 aromatic heterocycles. The van der Waals surface area contributed by atoms with E-state index in [4.69, 9.17) is 9.47 Å². The molecule has 0 bridgehead atoms. The van der Waals surface area contributed by atoms with Crippen LogP contribution in [0.25, 0.3) is 0 Å². The van der Waals surface area contributed by atoms with Gasteiger partial charge in [0, 0.05) is 19.1 Å². The Morgan fingerprint density at radius 2 is 1.54 bits per heavy atom. The van der Waals surface area contributed by atoms with Crippen LogP contribution in [0.15, 0.2) is 0 Å². The van der Waals surface area contributed by atoms with Crippen molar-refractivity contribution in [2.45, 2.75) is 40.4 Å². The van der Waals surface area contributed by atoms with Gasteiger partial charge in [0.05, 0.1) is 0 Å². The van der Waals surface area contributed by atoms with Crippen LogP contribution in [0.2, 0.25) is 0 Å². The summed E-state index contributed by atoms with van der Waals surface area (Å²) in [5.41, 5.74) is 0. The van der Waals surface area contributed by atoms with Crippen LogP contribution in [0, 0.1) is 17.8 Å². The number of rotatable bonds is 5.